The van der Waals surface area contributed by atoms with Crippen LogP contribution in [0.25, 0.3) is 6.08 Å². The second-order valence-electron chi connectivity index (χ2n) is 6.95. The summed E-state index contributed by atoms with van der Waals surface area (Å²) in [7, 11) is 1.70. The number of nitrogens with zero attached hydrogens (tertiary/aromatic N) is 1. The predicted octanol–water partition coefficient (Wildman–Crippen LogP) is 5.26. The Balaban J connectivity index is 2.11. The largest absolute Gasteiger partial charge is 0.497 e. The zero-order valence-electron chi connectivity index (χ0n) is 14.6. The standard InChI is InChI=1S/C21H27NO/c1-21(2,3)17-22(19-12-14-20(23-4)15-13-19)16-8-11-18-9-6-5-7-10-18/h5-15H,16-17H2,1-4H3/b11-8+. The Morgan fingerprint density at radius 3 is 2.17 bits per heavy atom. The summed E-state index contributed by atoms with van der Waals surface area (Å²) in [6.07, 6.45) is 4.41. The molecular weight excluding hydrogens is 282 g/mol. The molecule has 0 N–H and O–H groups in total. The van der Waals surface area contributed by atoms with Crippen molar-refractivity contribution in [1.29, 1.82) is 0 Å². The zero-order valence-corrected chi connectivity index (χ0v) is 14.6. The van der Waals surface area contributed by atoms with Gasteiger partial charge < -0.3 is 9.64 Å². The highest BCUT2D eigenvalue weighted by molar-refractivity contribution is 5.53. The highest BCUT2D eigenvalue weighted by Crippen LogP contribution is 2.24. The van der Waals surface area contributed by atoms with Crippen molar-refractivity contribution in [3.05, 3.63) is 66.2 Å². The van der Waals surface area contributed by atoms with Gasteiger partial charge >= 0.3 is 0 Å². The van der Waals surface area contributed by atoms with Gasteiger partial charge in [-0.15, -0.1) is 0 Å². The molecule has 2 heteroatoms. The molecule has 2 aromatic rings. The highest BCUT2D eigenvalue weighted by atomic mass is 16.5. The normalized spacial score (nSPS) is 11.7. The minimum atomic E-state index is 0.237. The molecule has 2 nitrogen and oxygen atoms in total. The summed E-state index contributed by atoms with van der Waals surface area (Å²) >= 11 is 0. The van der Waals surface area contributed by atoms with Crippen molar-refractivity contribution in [3.8, 4) is 5.75 Å². The third kappa shape index (κ3) is 5.82. The quantitative estimate of drug-likeness (QED) is 0.721. The number of hydrogen-bond donors (Lipinski definition) is 0. The summed E-state index contributed by atoms with van der Waals surface area (Å²) in [6, 6.07) is 18.7. The van der Waals surface area contributed by atoms with Crippen molar-refractivity contribution in [3.63, 3.8) is 0 Å². The van der Waals surface area contributed by atoms with Gasteiger partial charge in [-0.1, -0.05) is 63.3 Å². The molecule has 0 amide bonds. The fourth-order valence-electron chi connectivity index (χ4n) is 2.51. The summed E-state index contributed by atoms with van der Waals surface area (Å²) in [6.45, 7) is 8.69. The molecule has 0 saturated carbocycles. The Kier molecular flexibility index (Phi) is 5.86. The monoisotopic (exact) mass is 309 g/mol. The zero-order chi connectivity index (χ0) is 16.7. The molecule has 0 aliphatic carbocycles. The summed E-state index contributed by atoms with van der Waals surface area (Å²) in [4.78, 5) is 2.40. The second-order valence-corrected chi connectivity index (χ2v) is 6.95. The number of benzene rings is 2. The first-order valence-electron chi connectivity index (χ1n) is 8.08. The van der Waals surface area contributed by atoms with Gasteiger partial charge in [-0.05, 0) is 35.2 Å². The lowest BCUT2D eigenvalue weighted by atomic mass is 9.95. The van der Waals surface area contributed by atoms with Crippen molar-refractivity contribution >= 4 is 11.8 Å². The fraction of sp³-hybridized carbons (Fsp3) is 0.333. The first-order chi connectivity index (χ1) is 11.0. The molecule has 0 spiro atoms. The molecule has 0 saturated heterocycles. The topological polar surface area (TPSA) is 12.5 Å². The van der Waals surface area contributed by atoms with Gasteiger partial charge in [0.2, 0.25) is 0 Å². The lowest BCUT2D eigenvalue weighted by Gasteiger charge is -2.31. The van der Waals surface area contributed by atoms with Gasteiger partial charge in [0.1, 0.15) is 5.75 Å². The van der Waals surface area contributed by atoms with E-state index in [4.69, 9.17) is 4.74 Å². The van der Waals surface area contributed by atoms with Crippen molar-refractivity contribution in [2.24, 2.45) is 5.41 Å². The number of ether oxygens (including phenoxy) is 1. The van der Waals surface area contributed by atoms with Gasteiger partial charge in [-0.25, -0.2) is 0 Å². The predicted molar refractivity (Wildman–Crippen MR) is 100 cm³/mol. The fourth-order valence-corrected chi connectivity index (χ4v) is 2.51. The first-order valence-corrected chi connectivity index (χ1v) is 8.08. The van der Waals surface area contributed by atoms with Crippen LogP contribution in [0.1, 0.15) is 26.3 Å². The first kappa shape index (κ1) is 17.1. The molecule has 2 rings (SSSR count). The molecular formula is C21H27NO. The van der Waals surface area contributed by atoms with E-state index in [0.717, 1.165) is 18.8 Å². The van der Waals surface area contributed by atoms with E-state index in [1.165, 1.54) is 11.3 Å². The van der Waals surface area contributed by atoms with E-state index >= 15 is 0 Å². The van der Waals surface area contributed by atoms with E-state index in [-0.39, 0.29) is 5.41 Å². The van der Waals surface area contributed by atoms with Crippen LogP contribution in [0.5, 0.6) is 5.75 Å². The molecule has 0 bridgehead atoms. The van der Waals surface area contributed by atoms with Crippen molar-refractivity contribution < 1.29 is 4.74 Å². The van der Waals surface area contributed by atoms with Gasteiger partial charge in [-0.2, -0.15) is 0 Å². The molecule has 23 heavy (non-hydrogen) atoms. The van der Waals surface area contributed by atoms with Crippen molar-refractivity contribution in [1.82, 2.24) is 0 Å². The van der Waals surface area contributed by atoms with Gasteiger partial charge in [-0.3, -0.25) is 0 Å². The van der Waals surface area contributed by atoms with E-state index < -0.39 is 0 Å². The molecule has 0 unspecified atom stereocenters. The van der Waals surface area contributed by atoms with Gasteiger partial charge in [0.25, 0.3) is 0 Å². The van der Waals surface area contributed by atoms with E-state index in [0.29, 0.717) is 0 Å². The maximum Gasteiger partial charge on any atom is 0.119 e. The van der Waals surface area contributed by atoms with E-state index in [9.17, 15) is 0 Å². The SMILES string of the molecule is COc1ccc(N(C/C=C/c2ccccc2)CC(C)(C)C)cc1. The van der Waals surface area contributed by atoms with Gasteiger partial charge in [0.05, 0.1) is 7.11 Å². The molecule has 0 aromatic heterocycles. The van der Waals surface area contributed by atoms with Crippen LogP contribution >= 0.6 is 0 Å². The molecule has 0 aliphatic rings. The second kappa shape index (κ2) is 7.87. The van der Waals surface area contributed by atoms with Crippen LogP contribution in [0.4, 0.5) is 5.69 Å². The van der Waals surface area contributed by atoms with Gasteiger partial charge in [0.15, 0.2) is 0 Å². The smallest absolute Gasteiger partial charge is 0.119 e. The van der Waals surface area contributed by atoms with Crippen LogP contribution < -0.4 is 9.64 Å². The molecule has 122 valence electrons. The number of anilines is 1. The van der Waals surface area contributed by atoms with Crippen LogP contribution in [0.15, 0.2) is 60.7 Å². The van der Waals surface area contributed by atoms with Gasteiger partial charge in [0, 0.05) is 18.8 Å². The third-order valence-corrected chi connectivity index (χ3v) is 3.54. The van der Waals surface area contributed by atoms with Crippen LogP contribution in [-0.2, 0) is 0 Å². The summed E-state index contributed by atoms with van der Waals surface area (Å²) in [5, 5.41) is 0. The number of methoxy groups -OCH3 is 1. The third-order valence-electron chi connectivity index (χ3n) is 3.54. The lowest BCUT2D eigenvalue weighted by Crippen LogP contribution is -2.32. The Morgan fingerprint density at radius 2 is 1.61 bits per heavy atom. The molecule has 2 aromatic carbocycles. The molecule has 0 radical (unpaired) electrons. The molecule has 0 atom stereocenters. The minimum Gasteiger partial charge on any atom is -0.497 e. The van der Waals surface area contributed by atoms with Crippen molar-refractivity contribution in [2.75, 3.05) is 25.1 Å². The maximum atomic E-state index is 5.26. The number of rotatable bonds is 6. The molecule has 0 aliphatic heterocycles. The summed E-state index contributed by atoms with van der Waals surface area (Å²) in [5.74, 6) is 0.893. The average molecular weight is 309 g/mol. The Labute approximate surface area is 140 Å². The van der Waals surface area contributed by atoms with E-state index in [1.54, 1.807) is 7.11 Å². The average Bonchev–Trinajstić information content (AvgIpc) is 2.54. The van der Waals surface area contributed by atoms with Crippen LogP contribution in [0, 0.1) is 5.41 Å². The van der Waals surface area contributed by atoms with E-state index in [2.05, 4.69) is 74.2 Å². The Morgan fingerprint density at radius 1 is 0.957 bits per heavy atom. The van der Waals surface area contributed by atoms with E-state index in [1.807, 2.05) is 18.2 Å². The van der Waals surface area contributed by atoms with Crippen LogP contribution in [-0.4, -0.2) is 20.2 Å². The van der Waals surface area contributed by atoms with Crippen LogP contribution in [0.2, 0.25) is 0 Å². The lowest BCUT2D eigenvalue weighted by molar-refractivity contribution is 0.412. The molecule has 0 fully saturated rings. The number of hydrogen-bond acceptors (Lipinski definition) is 2. The Hall–Kier alpha value is -2.22. The summed E-state index contributed by atoms with van der Waals surface area (Å²) < 4.78 is 5.26. The highest BCUT2D eigenvalue weighted by Gasteiger charge is 2.16. The van der Waals surface area contributed by atoms with Crippen LogP contribution in [0.3, 0.4) is 0 Å². The Bertz CT molecular complexity index is 609. The minimum absolute atomic E-state index is 0.237. The summed E-state index contributed by atoms with van der Waals surface area (Å²) in [5.41, 5.74) is 2.69. The maximum absolute atomic E-state index is 5.26. The molecule has 0 heterocycles. The van der Waals surface area contributed by atoms with Crippen molar-refractivity contribution in [2.45, 2.75) is 20.8 Å².